The highest BCUT2D eigenvalue weighted by Crippen LogP contribution is 2.13. The minimum absolute atomic E-state index is 0.0158. The minimum Gasteiger partial charge on any atom is -0.502 e. The molecule has 1 aromatic heterocycles. The number of aromatic hydroxyl groups is 1. The van der Waals surface area contributed by atoms with E-state index in [1.165, 1.54) is 6.26 Å². The SMILES string of the molecule is O=C(O)CCCc1occc(=O)c1O. The van der Waals surface area contributed by atoms with E-state index >= 15 is 0 Å². The molecular formula is C9H10O5. The van der Waals surface area contributed by atoms with Crippen LogP contribution < -0.4 is 5.43 Å². The second-order valence-corrected chi connectivity index (χ2v) is 2.80. The number of hydrogen-bond acceptors (Lipinski definition) is 4. The predicted molar refractivity (Wildman–Crippen MR) is 47.2 cm³/mol. The van der Waals surface area contributed by atoms with Gasteiger partial charge in [0, 0.05) is 18.9 Å². The number of rotatable bonds is 4. The van der Waals surface area contributed by atoms with Crippen LogP contribution in [-0.2, 0) is 11.2 Å². The van der Waals surface area contributed by atoms with E-state index in [-0.39, 0.29) is 18.6 Å². The third-order valence-electron chi connectivity index (χ3n) is 1.72. The fourth-order valence-corrected chi connectivity index (χ4v) is 1.03. The van der Waals surface area contributed by atoms with Crippen LogP contribution in [0.3, 0.4) is 0 Å². The molecule has 0 amide bonds. The highest BCUT2D eigenvalue weighted by atomic mass is 16.4. The van der Waals surface area contributed by atoms with Gasteiger partial charge in [-0.2, -0.15) is 0 Å². The van der Waals surface area contributed by atoms with Crippen LogP contribution in [0.4, 0.5) is 0 Å². The highest BCUT2D eigenvalue weighted by molar-refractivity contribution is 5.66. The van der Waals surface area contributed by atoms with Crippen LogP contribution in [0.15, 0.2) is 21.5 Å². The van der Waals surface area contributed by atoms with E-state index in [0.29, 0.717) is 6.42 Å². The van der Waals surface area contributed by atoms with Gasteiger partial charge >= 0.3 is 5.97 Å². The van der Waals surface area contributed by atoms with E-state index in [9.17, 15) is 14.7 Å². The quantitative estimate of drug-likeness (QED) is 0.745. The normalized spacial score (nSPS) is 10.0. The molecule has 5 heteroatoms. The van der Waals surface area contributed by atoms with Gasteiger partial charge in [-0.3, -0.25) is 9.59 Å². The van der Waals surface area contributed by atoms with Gasteiger partial charge in [-0.05, 0) is 6.42 Å². The molecule has 2 N–H and O–H groups in total. The van der Waals surface area contributed by atoms with Crippen molar-refractivity contribution >= 4 is 5.97 Å². The lowest BCUT2D eigenvalue weighted by atomic mass is 10.2. The van der Waals surface area contributed by atoms with Gasteiger partial charge in [0.05, 0.1) is 6.26 Å². The first-order valence-corrected chi connectivity index (χ1v) is 4.12. The minimum atomic E-state index is -0.914. The monoisotopic (exact) mass is 198 g/mol. The molecule has 0 aliphatic rings. The number of carboxylic acids is 1. The standard InChI is InChI=1S/C9H10O5/c10-6-4-5-14-7(9(6)13)2-1-3-8(11)12/h4-5,13H,1-3H2,(H,11,12). The molecule has 0 aromatic carbocycles. The first-order valence-electron chi connectivity index (χ1n) is 4.12. The first-order chi connectivity index (χ1) is 6.61. The summed E-state index contributed by atoms with van der Waals surface area (Å²) in [6, 6.07) is 1.11. The lowest BCUT2D eigenvalue weighted by molar-refractivity contribution is -0.137. The summed E-state index contributed by atoms with van der Waals surface area (Å²) in [6.45, 7) is 0. The van der Waals surface area contributed by atoms with Crippen LogP contribution in [0, 0.1) is 0 Å². The molecular weight excluding hydrogens is 188 g/mol. The number of carbonyl (C=O) groups is 1. The molecule has 14 heavy (non-hydrogen) atoms. The van der Waals surface area contributed by atoms with Crippen molar-refractivity contribution in [1.29, 1.82) is 0 Å². The Morgan fingerprint density at radius 1 is 1.50 bits per heavy atom. The second kappa shape index (κ2) is 4.45. The van der Waals surface area contributed by atoms with Gasteiger partial charge in [0.15, 0.2) is 0 Å². The summed E-state index contributed by atoms with van der Waals surface area (Å²) in [5.41, 5.74) is -0.512. The van der Waals surface area contributed by atoms with E-state index < -0.39 is 17.1 Å². The summed E-state index contributed by atoms with van der Waals surface area (Å²) in [5.74, 6) is -1.21. The number of aryl methyl sites for hydroxylation is 1. The summed E-state index contributed by atoms with van der Waals surface area (Å²) in [5, 5.41) is 17.6. The average Bonchev–Trinajstić information content (AvgIpc) is 2.12. The maximum absolute atomic E-state index is 10.9. The van der Waals surface area contributed by atoms with Crippen molar-refractivity contribution in [2.75, 3.05) is 0 Å². The van der Waals surface area contributed by atoms with Crippen molar-refractivity contribution in [2.24, 2.45) is 0 Å². The highest BCUT2D eigenvalue weighted by Gasteiger charge is 2.07. The van der Waals surface area contributed by atoms with Crippen molar-refractivity contribution in [2.45, 2.75) is 19.3 Å². The van der Waals surface area contributed by atoms with Gasteiger partial charge in [0.1, 0.15) is 5.76 Å². The van der Waals surface area contributed by atoms with E-state index in [1.54, 1.807) is 0 Å². The molecule has 0 atom stereocenters. The van der Waals surface area contributed by atoms with Gasteiger partial charge in [0.2, 0.25) is 11.2 Å². The Morgan fingerprint density at radius 2 is 2.21 bits per heavy atom. The molecule has 0 saturated heterocycles. The molecule has 0 aliphatic carbocycles. The predicted octanol–water partition coefficient (Wildman–Crippen LogP) is 0.753. The number of carboxylic acid groups (broad SMARTS) is 1. The molecule has 0 spiro atoms. The van der Waals surface area contributed by atoms with E-state index in [2.05, 4.69) is 0 Å². The molecule has 0 aliphatic heterocycles. The van der Waals surface area contributed by atoms with Crippen LogP contribution in [-0.4, -0.2) is 16.2 Å². The van der Waals surface area contributed by atoms with Gasteiger partial charge in [-0.25, -0.2) is 0 Å². The van der Waals surface area contributed by atoms with Crippen molar-refractivity contribution in [1.82, 2.24) is 0 Å². The van der Waals surface area contributed by atoms with Crippen molar-refractivity contribution < 1.29 is 19.4 Å². The largest absolute Gasteiger partial charge is 0.502 e. The molecule has 5 nitrogen and oxygen atoms in total. The van der Waals surface area contributed by atoms with Gasteiger partial charge in [-0.15, -0.1) is 0 Å². The van der Waals surface area contributed by atoms with E-state index in [0.717, 1.165) is 6.07 Å². The molecule has 1 rings (SSSR count). The summed E-state index contributed by atoms with van der Waals surface area (Å²) in [7, 11) is 0. The lowest BCUT2D eigenvalue weighted by Crippen LogP contribution is -2.02. The second-order valence-electron chi connectivity index (χ2n) is 2.80. The van der Waals surface area contributed by atoms with Crippen LogP contribution >= 0.6 is 0 Å². The summed E-state index contributed by atoms with van der Waals surface area (Å²) in [6.07, 6.45) is 1.74. The fourth-order valence-electron chi connectivity index (χ4n) is 1.03. The first kappa shape index (κ1) is 10.3. The molecule has 0 fully saturated rings. The van der Waals surface area contributed by atoms with Gasteiger partial charge in [0.25, 0.3) is 0 Å². The van der Waals surface area contributed by atoms with Crippen molar-refractivity contribution in [3.05, 3.63) is 28.3 Å². The molecule has 0 bridgehead atoms. The third kappa shape index (κ3) is 2.62. The maximum Gasteiger partial charge on any atom is 0.303 e. The number of aliphatic carboxylic acids is 1. The summed E-state index contributed by atoms with van der Waals surface area (Å²) < 4.78 is 4.88. The van der Waals surface area contributed by atoms with Crippen LogP contribution in [0.2, 0.25) is 0 Å². The van der Waals surface area contributed by atoms with Crippen molar-refractivity contribution in [3.63, 3.8) is 0 Å². The van der Waals surface area contributed by atoms with Gasteiger partial charge in [-0.1, -0.05) is 0 Å². The van der Waals surface area contributed by atoms with Crippen LogP contribution in [0.5, 0.6) is 5.75 Å². The zero-order valence-electron chi connectivity index (χ0n) is 7.40. The topological polar surface area (TPSA) is 87.7 Å². The third-order valence-corrected chi connectivity index (χ3v) is 1.72. The Kier molecular flexibility index (Phi) is 3.28. The molecule has 0 unspecified atom stereocenters. The molecule has 0 saturated carbocycles. The van der Waals surface area contributed by atoms with Gasteiger partial charge < -0.3 is 14.6 Å². The Hall–Kier alpha value is -1.78. The zero-order valence-corrected chi connectivity index (χ0v) is 7.40. The maximum atomic E-state index is 10.9. The Balaban J connectivity index is 2.63. The van der Waals surface area contributed by atoms with Crippen LogP contribution in [0.1, 0.15) is 18.6 Å². The van der Waals surface area contributed by atoms with Crippen molar-refractivity contribution in [3.8, 4) is 5.75 Å². The Bertz CT molecular complexity index is 379. The molecule has 0 radical (unpaired) electrons. The smallest absolute Gasteiger partial charge is 0.303 e. The molecule has 1 heterocycles. The van der Waals surface area contributed by atoms with E-state index in [4.69, 9.17) is 9.52 Å². The Labute approximate surface area is 79.6 Å². The molecule has 76 valence electrons. The zero-order chi connectivity index (χ0) is 10.6. The number of hydrogen-bond donors (Lipinski definition) is 2. The average molecular weight is 198 g/mol. The fraction of sp³-hybridized carbons (Fsp3) is 0.333. The summed E-state index contributed by atoms with van der Waals surface area (Å²) >= 11 is 0. The summed E-state index contributed by atoms with van der Waals surface area (Å²) in [4.78, 5) is 21.1. The van der Waals surface area contributed by atoms with Crippen LogP contribution in [0.25, 0.3) is 0 Å². The molecule has 1 aromatic rings. The Morgan fingerprint density at radius 3 is 2.86 bits per heavy atom. The lowest BCUT2D eigenvalue weighted by Gasteiger charge is -1.99. The van der Waals surface area contributed by atoms with E-state index in [1.807, 2.05) is 0 Å².